The van der Waals surface area contributed by atoms with Crippen molar-refractivity contribution in [3.63, 3.8) is 0 Å². The van der Waals surface area contributed by atoms with Gasteiger partial charge in [0.2, 0.25) is 6.10 Å². The van der Waals surface area contributed by atoms with Crippen molar-refractivity contribution >= 4 is 39.9 Å². The molecule has 0 fully saturated rings. The SMILES string of the molecule is CC[C@@]1(O)C(=S)[C@@H](OC(C)=O)C(=O)OCc2c1cc1n(c2=O)Cc2cc3cc(OC)ccc3nc2-1. The highest BCUT2D eigenvalue weighted by atomic mass is 32.1. The topological polar surface area (TPSA) is 117 Å². The molecule has 5 rings (SSSR count). The van der Waals surface area contributed by atoms with E-state index < -0.39 is 29.2 Å². The normalized spacial score (nSPS) is 20.9. The minimum atomic E-state index is -1.88. The molecule has 0 amide bonds. The van der Waals surface area contributed by atoms with Gasteiger partial charge in [-0.2, -0.15) is 0 Å². The lowest BCUT2D eigenvalue weighted by Crippen LogP contribution is -2.50. The fraction of sp³-hybridized carbons (Fsp3) is 0.320. The van der Waals surface area contributed by atoms with Crippen LogP contribution < -0.4 is 10.3 Å². The second-order valence-corrected chi connectivity index (χ2v) is 8.98. The number of cyclic esters (lactones) is 1. The molecule has 0 saturated carbocycles. The molecule has 0 unspecified atom stereocenters. The van der Waals surface area contributed by atoms with E-state index in [0.29, 0.717) is 17.1 Å². The van der Waals surface area contributed by atoms with Gasteiger partial charge in [-0.15, -0.1) is 0 Å². The van der Waals surface area contributed by atoms with Crippen molar-refractivity contribution in [2.45, 2.75) is 45.1 Å². The van der Waals surface area contributed by atoms with Crippen LogP contribution >= 0.6 is 12.2 Å². The summed E-state index contributed by atoms with van der Waals surface area (Å²) in [5.74, 6) is -0.984. The Morgan fingerprint density at radius 2 is 2.09 bits per heavy atom. The molecule has 2 aromatic heterocycles. The monoisotopic (exact) mass is 494 g/mol. The van der Waals surface area contributed by atoms with E-state index in [9.17, 15) is 19.5 Å². The predicted molar refractivity (Wildman–Crippen MR) is 129 cm³/mol. The second kappa shape index (κ2) is 8.24. The summed E-state index contributed by atoms with van der Waals surface area (Å²) in [7, 11) is 1.59. The number of aromatic nitrogens is 2. The number of nitrogens with zero attached hydrogens (tertiary/aromatic N) is 2. The van der Waals surface area contributed by atoms with E-state index in [0.717, 1.165) is 23.4 Å². The van der Waals surface area contributed by atoms with Crippen LogP contribution in [0, 0.1) is 0 Å². The number of ether oxygens (including phenoxy) is 3. The molecular formula is C25H22N2O7S. The van der Waals surface area contributed by atoms with Gasteiger partial charge in [-0.05, 0) is 36.8 Å². The van der Waals surface area contributed by atoms with Crippen LogP contribution in [-0.2, 0) is 37.8 Å². The third kappa shape index (κ3) is 3.52. The van der Waals surface area contributed by atoms with Gasteiger partial charge in [-0.25, -0.2) is 9.78 Å². The van der Waals surface area contributed by atoms with Gasteiger partial charge >= 0.3 is 11.9 Å². The van der Waals surface area contributed by atoms with Crippen molar-refractivity contribution in [1.82, 2.24) is 9.55 Å². The number of benzene rings is 1. The molecule has 9 nitrogen and oxygen atoms in total. The first kappa shape index (κ1) is 23.1. The van der Waals surface area contributed by atoms with E-state index in [4.69, 9.17) is 31.4 Å². The first-order chi connectivity index (χ1) is 16.7. The summed E-state index contributed by atoms with van der Waals surface area (Å²) in [6, 6.07) is 9.14. The molecule has 4 heterocycles. The summed E-state index contributed by atoms with van der Waals surface area (Å²) in [6.45, 7) is 2.69. The van der Waals surface area contributed by atoms with E-state index in [1.807, 2.05) is 24.3 Å². The molecule has 3 aromatic rings. The van der Waals surface area contributed by atoms with Crippen LogP contribution in [0.2, 0.25) is 0 Å². The van der Waals surface area contributed by atoms with E-state index in [-0.39, 0.29) is 35.6 Å². The van der Waals surface area contributed by atoms with Crippen LogP contribution in [0.15, 0.2) is 35.1 Å². The Balaban J connectivity index is 1.72. The molecule has 180 valence electrons. The summed E-state index contributed by atoms with van der Waals surface area (Å²) in [6.07, 6.45) is -1.52. The van der Waals surface area contributed by atoms with Crippen molar-refractivity contribution in [2.75, 3.05) is 7.11 Å². The number of hydrogen-bond acceptors (Lipinski definition) is 9. The maximum Gasteiger partial charge on any atom is 0.353 e. The summed E-state index contributed by atoms with van der Waals surface area (Å²) >= 11 is 5.45. The zero-order valence-electron chi connectivity index (χ0n) is 19.3. The molecule has 0 saturated heterocycles. The van der Waals surface area contributed by atoms with Crippen molar-refractivity contribution in [3.05, 3.63) is 57.4 Å². The Hall–Kier alpha value is -3.63. The molecule has 1 aromatic carbocycles. The molecule has 2 atom stereocenters. The van der Waals surface area contributed by atoms with Gasteiger partial charge < -0.3 is 23.9 Å². The zero-order chi connectivity index (χ0) is 25.1. The van der Waals surface area contributed by atoms with Crippen molar-refractivity contribution in [3.8, 4) is 17.1 Å². The minimum Gasteiger partial charge on any atom is -0.497 e. The maximum atomic E-state index is 13.6. The standard InChI is InChI=1S/C25H22N2O7S/c1-4-25(31)17-9-19-20-14(7-13-8-15(32-3)5-6-18(13)26-20)10-27(19)23(29)16(17)11-33-24(30)21(22(25)35)34-12(2)28/h5-9,21,31H,4,10-11H2,1-3H3/t21-,25+/m1/s1. The Morgan fingerprint density at radius 3 is 2.77 bits per heavy atom. The molecule has 0 bridgehead atoms. The summed E-state index contributed by atoms with van der Waals surface area (Å²) in [5, 5.41) is 12.6. The number of carbonyl (C=O) groups excluding carboxylic acids is 2. The van der Waals surface area contributed by atoms with E-state index >= 15 is 0 Å². The van der Waals surface area contributed by atoms with Crippen LogP contribution in [0.1, 0.15) is 37.0 Å². The van der Waals surface area contributed by atoms with E-state index in [1.54, 1.807) is 24.7 Å². The van der Waals surface area contributed by atoms with Crippen LogP contribution in [0.5, 0.6) is 5.75 Å². The molecule has 1 N–H and O–H groups in total. The second-order valence-electron chi connectivity index (χ2n) is 8.54. The molecule has 0 radical (unpaired) electrons. The van der Waals surface area contributed by atoms with E-state index in [1.165, 1.54) is 0 Å². The lowest BCUT2D eigenvalue weighted by atomic mass is 9.82. The predicted octanol–water partition coefficient (Wildman–Crippen LogP) is 2.39. The van der Waals surface area contributed by atoms with Crippen molar-refractivity contribution in [2.24, 2.45) is 0 Å². The number of rotatable bonds is 3. The summed E-state index contributed by atoms with van der Waals surface area (Å²) in [5.41, 5.74) is 0.733. The van der Waals surface area contributed by atoms with Gasteiger partial charge in [0.25, 0.3) is 5.56 Å². The van der Waals surface area contributed by atoms with Crippen LogP contribution in [0.4, 0.5) is 0 Å². The Bertz CT molecular complexity index is 1500. The molecular weight excluding hydrogens is 472 g/mol. The maximum absolute atomic E-state index is 13.6. The van der Waals surface area contributed by atoms with Crippen LogP contribution in [0.25, 0.3) is 22.3 Å². The number of pyridine rings is 2. The van der Waals surface area contributed by atoms with Crippen LogP contribution in [-0.4, -0.2) is 44.7 Å². The fourth-order valence-electron chi connectivity index (χ4n) is 4.70. The third-order valence-electron chi connectivity index (χ3n) is 6.53. The number of hydrogen-bond donors (Lipinski definition) is 1. The number of methoxy groups -OCH3 is 1. The van der Waals surface area contributed by atoms with Crippen molar-refractivity contribution in [1.29, 1.82) is 0 Å². The van der Waals surface area contributed by atoms with Crippen LogP contribution in [0.3, 0.4) is 0 Å². The first-order valence-corrected chi connectivity index (χ1v) is 11.4. The molecule has 35 heavy (non-hydrogen) atoms. The average molecular weight is 495 g/mol. The fourth-order valence-corrected chi connectivity index (χ4v) is 5.10. The van der Waals surface area contributed by atoms with Gasteiger partial charge in [0.15, 0.2) is 0 Å². The Labute approximate surface area is 205 Å². The largest absolute Gasteiger partial charge is 0.497 e. The Morgan fingerprint density at radius 1 is 1.31 bits per heavy atom. The zero-order valence-corrected chi connectivity index (χ0v) is 20.1. The number of esters is 2. The summed E-state index contributed by atoms with van der Waals surface area (Å²) in [4.78, 5) is 42.3. The highest BCUT2D eigenvalue weighted by molar-refractivity contribution is 7.80. The lowest BCUT2D eigenvalue weighted by molar-refractivity contribution is -0.163. The number of fused-ring (bicyclic) bond motifs is 5. The van der Waals surface area contributed by atoms with Crippen molar-refractivity contribution < 1.29 is 28.9 Å². The number of thiocarbonyl (C=S) groups is 1. The highest BCUT2D eigenvalue weighted by Crippen LogP contribution is 2.39. The highest BCUT2D eigenvalue weighted by Gasteiger charge is 2.46. The number of carbonyl (C=O) groups is 2. The smallest absolute Gasteiger partial charge is 0.353 e. The van der Waals surface area contributed by atoms with Gasteiger partial charge in [0.05, 0.1) is 41.0 Å². The van der Waals surface area contributed by atoms with Gasteiger partial charge in [-0.1, -0.05) is 19.1 Å². The van der Waals surface area contributed by atoms with Gasteiger partial charge in [-0.3, -0.25) is 9.59 Å². The van der Waals surface area contributed by atoms with Gasteiger partial charge in [0, 0.05) is 23.4 Å². The number of aliphatic hydroxyl groups is 1. The Kier molecular flexibility index (Phi) is 5.45. The molecule has 0 spiro atoms. The first-order valence-electron chi connectivity index (χ1n) is 11.0. The molecule has 10 heteroatoms. The molecule has 2 aliphatic heterocycles. The minimum absolute atomic E-state index is 0.0462. The quantitative estimate of drug-likeness (QED) is 0.338. The lowest BCUT2D eigenvalue weighted by Gasteiger charge is -2.35. The third-order valence-corrected chi connectivity index (χ3v) is 7.08. The summed E-state index contributed by atoms with van der Waals surface area (Å²) < 4.78 is 17.2. The average Bonchev–Trinajstić information content (AvgIpc) is 3.20. The molecule has 0 aliphatic carbocycles. The molecule has 2 aliphatic rings. The van der Waals surface area contributed by atoms with E-state index in [2.05, 4.69) is 0 Å². The van der Waals surface area contributed by atoms with Gasteiger partial charge in [0.1, 0.15) is 18.0 Å².